The molecule has 0 radical (unpaired) electrons. The molecule has 0 aromatic heterocycles. The van der Waals surface area contributed by atoms with Crippen LogP contribution >= 0.6 is 0 Å². The molecule has 1 aliphatic rings. The SMILES string of the molecule is COC(OC)C(C)Nc1ccc2c(c1)CCC2. The fourth-order valence-electron chi connectivity index (χ4n) is 2.50. The van der Waals surface area contributed by atoms with E-state index in [0.717, 1.165) is 5.69 Å². The van der Waals surface area contributed by atoms with Crippen molar-refractivity contribution in [2.75, 3.05) is 19.5 Å². The van der Waals surface area contributed by atoms with Gasteiger partial charge in [-0.15, -0.1) is 0 Å². The van der Waals surface area contributed by atoms with Gasteiger partial charge in [0.15, 0.2) is 6.29 Å². The zero-order valence-corrected chi connectivity index (χ0v) is 10.8. The summed E-state index contributed by atoms with van der Waals surface area (Å²) in [5, 5.41) is 3.42. The molecule has 1 aromatic rings. The van der Waals surface area contributed by atoms with Crippen molar-refractivity contribution >= 4 is 5.69 Å². The largest absolute Gasteiger partial charge is 0.377 e. The molecule has 1 aromatic carbocycles. The van der Waals surface area contributed by atoms with E-state index >= 15 is 0 Å². The molecule has 0 heterocycles. The van der Waals surface area contributed by atoms with Gasteiger partial charge in [0.05, 0.1) is 6.04 Å². The van der Waals surface area contributed by atoms with E-state index in [-0.39, 0.29) is 12.3 Å². The van der Waals surface area contributed by atoms with Crippen LogP contribution in [0.1, 0.15) is 24.5 Å². The first-order chi connectivity index (χ1) is 8.24. The van der Waals surface area contributed by atoms with Crippen LogP contribution in [0.3, 0.4) is 0 Å². The highest BCUT2D eigenvalue weighted by molar-refractivity contribution is 5.50. The minimum absolute atomic E-state index is 0.129. The molecule has 0 fully saturated rings. The van der Waals surface area contributed by atoms with Gasteiger partial charge in [-0.3, -0.25) is 0 Å². The number of hydrogen-bond donors (Lipinski definition) is 1. The molecule has 1 aliphatic carbocycles. The molecular weight excluding hydrogens is 214 g/mol. The second-order valence-electron chi connectivity index (χ2n) is 4.61. The van der Waals surface area contributed by atoms with E-state index in [0.29, 0.717) is 0 Å². The van der Waals surface area contributed by atoms with Crippen molar-refractivity contribution < 1.29 is 9.47 Å². The van der Waals surface area contributed by atoms with E-state index < -0.39 is 0 Å². The fraction of sp³-hybridized carbons (Fsp3) is 0.571. The topological polar surface area (TPSA) is 30.5 Å². The summed E-state index contributed by atoms with van der Waals surface area (Å²) < 4.78 is 10.5. The quantitative estimate of drug-likeness (QED) is 0.796. The van der Waals surface area contributed by atoms with E-state index in [2.05, 4.69) is 30.4 Å². The highest BCUT2D eigenvalue weighted by Crippen LogP contribution is 2.25. The lowest BCUT2D eigenvalue weighted by molar-refractivity contribution is -0.109. The molecule has 0 saturated carbocycles. The lowest BCUT2D eigenvalue weighted by Gasteiger charge is -2.23. The van der Waals surface area contributed by atoms with Crippen molar-refractivity contribution in [3.8, 4) is 0 Å². The zero-order valence-electron chi connectivity index (χ0n) is 10.8. The van der Waals surface area contributed by atoms with E-state index in [1.165, 1.54) is 30.4 Å². The minimum Gasteiger partial charge on any atom is -0.377 e. The predicted octanol–water partition coefficient (Wildman–Crippen LogP) is 2.59. The average molecular weight is 235 g/mol. The molecule has 0 bridgehead atoms. The highest BCUT2D eigenvalue weighted by atomic mass is 16.7. The second kappa shape index (κ2) is 5.52. The molecule has 3 nitrogen and oxygen atoms in total. The molecule has 17 heavy (non-hydrogen) atoms. The van der Waals surface area contributed by atoms with E-state index in [1.54, 1.807) is 14.2 Å². The van der Waals surface area contributed by atoms with Crippen LogP contribution in [0, 0.1) is 0 Å². The minimum atomic E-state index is -0.219. The number of ether oxygens (including phenoxy) is 2. The Morgan fingerprint density at radius 1 is 1.12 bits per heavy atom. The van der Waals surface area contributed by atoms with Gasteiger partial charge in [0.2, 0.25) is 0 Å². The van der Waals surface area contributed by atoms with Gasteiger partial charge in [-0.2, -0.15) is 0 Å². The van der Waals surface area contributed by atoms with Gasteiger partial charge < -0.3 is 14.8 Å². The molecule has 3 heteroatoms. The smallest absolute Gasteiger partial charge is 0.176 e. The Balaban J connectivity index is 2.03. The number of benzene rings is 1. The Kier molecular flexibility index (Phi) is 4.02. The number of rotatable bonds is 5. The van der Waals surface area contributed by atoms with Crippen LogP contribution in [0.4, 0.5) is 5.69 Å². The molecule has 2 rings (SSSR count). The van der Waals surface area contributed by atoms with E-state index in [1.807, 2.05) is 0 Å². The lowest BCUT2D eigenvalue weighted by atomic mass is 10.1. The van der Waals surface area contributed by atoms with Crippen LogP contribution in [0.15, 0.2) is 18.2 Å². The van der Waals surface area contributed by atoms with Crippen LogP contribution in [-0.4, -0.2) is 26.6 Å². The monoisotopic (exact) mass is 235 g/mol. The molecule has 1 unspecified atom stereocenters. The van der Waals surface area contributed by atoms with Crippen molar-refractivity contribution in [3.05, 3.63) is 29.3 Å². The number of fused-ring (bicyclic) bond motifs is 1. The third-order valence-corrected chi connectivity index (χ3v) is 3.37. The first-order valence-electron chi connectivity index (χ1n) is 6.18. The van der Waals surface area contributed by atoms with Crippen LogP contribution in [0.5, 0.6) is 0 Å². The summed E-state index contributed by atoms with van der Waals surface area (Å²) >= 11 is 0. The maximum atomic E-state index is 5.24. The summed E-state index contributed by atoms with van der Waals surface area (Å²) in [4.78, 5) is 0. The van der Waals surface area contributed by atoms with Gasteiger partial charge in [0, 0.05) is 19.9 Å². The van der Waals surface area contributed by atoms with Crippen molar-refractivity contribution in [2.24, 2.45) is 0 Å². The average Bonchev–Trinajstić information content (AvgIpc) is 2.77. The Bertz CT molecular complexity index is 374. The zero-order chi connectivity index (χ0) is 12.3. The summed E-state index contributed by atoms with van der Waals surface area (Å²) in [6.45, 7) is 2.06. The van der Waals surface area contributed by atoms with Crippen molar-refractivity contribution in [1.82, 2.24) is 0 Å². The van der Waals surface area contributed by atoms with Crippen LogP contribution < -0.4 is 5.32 Å². The summed E-state index contributed by atoms with van der Waals surface area (Å²) in [6.07, 6.45) is 3.50. The Morgan fingerprint density at radius 3 is 2.53 bits per heavy atom. The van der Waals surface area contributed by atoms with Gasteiger partial charge in [0.1, 0.15) is 0 Å². The molecular formula is C14H21NO2. The molecule has 0 saturated heterocycles. The van der Waals surface area contributed by atoms with Gasteiger partial charge in [-0.1, -0.05) is 6.07 Å². The summed E-state index contributed by atoms with van der Waals surface area (Å²) in [5.74, 6) is 0. The van der Waals surface area contributed by atoms with E-state index in [4.69, 9.17) is 9.47 Å². The Hall–Kier alpha value is -1.06. The first-order valence-corrected chi connectivity index (χ1v) is 6.18. The van der Waals surface area contributed by atoms with E-state index in [9.17, 15) is 0 Å². The van der Waals surface area contributed by atoms with Crippen molar-refractivity contribution in [2.45, 2.75) is 38.5 Å². The maximum Gasteiger partial charge on any atom is 0.176 e. The van der Waals surface area contributed by atoms with Gasteiger partial charge in [-0.05, 0) is 49.4 Å². The van der Waals surface area contributed by atoms with Crippen LogP contribution in [0.2, 0.25) is 0 Å². The Labute approximate surface area is 103 Å². The van der Waals surface area contributed by atoms with Crippen LogP contribution in [-0.2, 0) is 22.3 Å². The Morgan fingerprint density at radius 2 is 1.82 bits per heavy atom. The fourth-order valence-corrected chi connectivity index (χ4v) is 2.50. The molecule has 94 valence electrons. The normalized spacial score (nSPS) is 16.0. The van der Waals surface area contributed by atoms with Crippen LogP contribution in [0.25, 0.3) is 0 Å². The predicted molar refractivity (Wildman–Crippen MR) is 69.4 cm³/mol. The first kappa shape index (κ1) is 12.4. The second-order valence-corrected chi connectivity index (χ2v) is 4.61. The molecule has 0 aliphatic heterocycles. The number of anilines is 1. The summed E-state index contributed by atoms with van der Waals surface area (Å²) in [5.41, 5.74) is 4.13. The van der Waals surface area contributed by atoms with Gasteiger partial charge >= 0.3 is 0 Å². The number of aryl methyl sites for hydroxylation is 2. The highest BCUT2D eigenvalue weighted by Gasteiger charge is 2.16. The summed E-state index contributed by atoms with van der Waals surface area (Å²) in [7, 11) is 3.32. The number of nitrogens with one attached hydrogen (secondary N) is 1. The molecule has 1 atom stereocenters. The third-order valence-electron chi connectivity index (χ3n) is 3.37. The van der Waals surface area contributed by atoms with Gasteiger partial charge in [-0.25, -0.2) is 0 Å². The molecule has 1 N–H and O–H groups in total. The third kappa shape index (κ3) is 2.79. The standard InChI is InChI=1S/C14H21NO2/c1-10(14(16-2)17-3)15-13-8-7-11-5-4-6-12(11)9-13/h7-10,14-15H,4-6H2,1-3H3. The maximum absolute atomic E-state index is 5.24. The van der Waals surface area contributed by atoms with Crippen molar-refractivity contribution in [1.29, 1.82) is 0 Å². The lowest BCUT2D eigenvalue weighted by Crippen LogP contribution is -2.33. The van der Waals surface area contributed by atoms with Crippen molar-refractivity contribution in [3.63, 3.8) is 0 Å². The van der Waals surface area contributed by atoms with Gasteiger partial charge in [0.25, 0.3) is 0 Å². The number of hydrogen-bond acceptors (Lipinski definition) is 3. The summed E-state index contributed by atoms with van der Waals surface area (Å²) in [6, 6.07) is 6.75. The molecule has 0 amide bonds. The number of methoxy groups -OCH3 is 2. The molecule has 0 spiro atoms.